The minimum absolute atomic E-state index is 0.0361. The lowest BCUT2D eigenvalue weighted by atomic mass is 9.84. The zero-order valence-electron chi connectivity index (χ0n) is 12.3. The monoisotopic (exact) mass is 292 g/mol. The molecule has 1 saturated heterocycles. The fourth-order valence-corrected chi connectivity index (χ4v) is 3.66. The molecule has 1 aliphatic heterocycles. The van der Waals surface area contributed by atoms with E-state index in [1.54, 1.807) is 0 Å². The van der Waals surface area contributed by atoms with Crippen molar-refractivity contribution in [1.29, 1.82) is 0 Å². The Balaban J connectivity index is 1.74. The Kier molecular flexibility index (Phi) is 5.73. The Morgan fingerprint density at radius 3 is 2.60 bits per heavy atom. The molecule has 0 amide bonds. The maximum absolute atomic E-state index is 12.8. The highest BCUT2D eigenvalue weighted by Gasteiger charge is 2.42. The minimum Gasteiger partial charge on any atom is -0.314 e. The molecule has 20 heavy (non-hydrogen) atoms. The molecule has 1 aliphatic carbocycles. The van der Waals surface area contributed by atoms with E-state index in [9.17, 15) is 13.2 Å². The largest absolute Gasteiger partial charge is 0.391 e. The Morgan fingerprint density at radius 2 is 1.95 bits per heavy atom. The van der Waals surface area contributed by atoms with Crippen LogP contribution in [0.1, 0.15) is 58.3 Å². The quantitative estimate of drug-likeness (QED) is 0.827. The van der Waals surface area contributed by atoms with Crippen LogP contribution in [0.25, 0.3) is 0 Å². The summed E-state index contributed by atoms with van der Waals surface area (Å²) < 4.78 is 38.4. The van der Waals surface area contributed by atoms with Crippen molar-refractivity contribution in [3.8, 4) is 0 Å². The van der Waals surface area contributed by atoms with E-state index in [-0.39, 0.29) is 12.5 Å². The molecule has 0 aromatic carbocycles. The van der Waals surface area contributed by atoms with Gasteiger partial charge in [-0.1, -0.05) is 12.8 Å². The highest BCUT2D eigenvalue weighted by atomic mass is 19.4. The molecule has 2 N–H and O–H groups in total. The van der Waals surface area contributed by atoms with E-state index in [4.69, 9.17) is 0 Å². The third kappa shape index (κ3) is 4.92. The second-order valence-electron chi connectivity index (χ2n) is 6.55. The predicted octanol–water partition coefficient (Wildman–Crippen LogP) is 3.62. The van der Waals surface area contributed by atoms with Gasteiger partial charge in [0, 0.05) is 18.1 Å². The van der Waals surface area contributed by atoms with Crippen LogP contribution in [0.4, 0.5) is 13.2 Å². The second kappa shape index (κ2) is 7.12. The molecule has 1 saturated carbocycles. The SMILES string of the molecule is CC(CC1CCCCN1)NC1CCCC(C(F)(F)F)C1. The van der Waals surface area contributed by atoms with E-state index in [0.29, 0.717) is 24.9 Å². The predicted molar refractivity (Wildman–Crippen MR) is 74.7 cm³/mol. The molecule has 0 aromatic rings. The zero-order chi connectivity index (χ0) is 14.6. The topological polar surface area (TPSA) is 24.1 Å². The van der Waals surface area contributed by atoms with Crippen LogP contribution in [0.3, 0.4) is 0 Å². The number of nitrogens with one attached hydrogen (secondary N) is 2. The second-order valence-corrected chi connectivity index (χ2v) is 6.55. The van der Waals surface area contributed by atoms with Crippen LogP contribution in [-0.4, -0.2) is 30.8 Å². The first kappa shape index (κ1) is 16.1. The van der Waals surface area contributed by atoms with Crippen LogP contribution >= 0.6 is 0 Å². The van der Waals surface area contributed by atoms with Crippen LogP contribution in [0.5, 0.6) is 0 Å². The Morgan fingerprint density at radius 1 is 1.15 bits per heavy atom. The van der Waals surface area contributed by atoms with Crippen molar-refractivity contribution < 1.29 is 13.2 Å². The number of rotatable bonds is 4. The lowest BCUT2D eigenvalue weighted by Gasteiger charge is -2.34. The van der Waals surface area contributed by atoms with Crippen LogP contribution in [-0.2, 0) is 0 Å². The average molecular weight is 292 g/mol. The molecule has 118 valence electrons. The van der Waals surface area contributed by atoms with Gasteiger partial charge in [-0.05, 0) is 52.0 Å². The third-order valence-electron chi connectivity index (χ3n) is 4.71. The summed E-state index contributed by atoms with van der Waals surface area (Å²) in [4.78, 5) is 0. The van der Waals surface area contributed by atoms with E-state index in [1.807, 2.05) is 0 Å². The van der Waals surface area contributed by atoms with Crippen molar-refractivity contribution in [2.45, 2.75) is 82.6 Å². The van der Waals surface area contributed by atoms with Gasteiger partial charge in [-0.2, -0.15) is 13.2 Å². The number of alkyl halides is 3. The van der Waals surface area contributed by atoms with Gasteiger partial charge in [-0.15, -0.1) is 0 Å². The van der Waals surface area contributed by atoms with E-state index in [1.165, 1.54) is 19.3 Å². The molecular weight excluding hydrogens is 265 g/mol. The van der Waals surface area contributed by atoms with E-state index in [0.717, 1.165) is 19.4 Å². The van der Waals surface area contributed by atoms with Crippen LogP contribution < -0.4 is 10.6 Å². The first-order valence-corrected chi connectivity index (χ1v) is 8.01. The summed E-state index contributed by atoms with van der Waals surface area (Å²) in [6, 6.07) is 0.866. The van der Waals surface area contributed by atoms with Gasteiger partial charge in [-0.25, -0.2) is 0 Å². The molecule has 2 nitrogen and oxygen atoms in total. The maximum atomic E-state index is 12.8. The number of hydrogen-bond acceptors (Lipinski definition) is 2. The van der Waals surface area contributed by atoms with Crippen LogP contribution in [0.15, 0.2) is 0 Å². The first-order chi connectivity index (χ1) is 9.45. The molecule has 1 heterocycles. The van der Waals surface area contributed by atoms with Crippen LogP contribution in [0.2, 0.25) is 0 Å². The molecule has 0 bridgehead atoms. The summed E-state index contributed by atoms with van der Waals surface area (Å²) in [6.45, 7) is 3.18. The standard InChI is InChI=1S/C15H27F3N2/c1-11(9-13-6-2-3-8-19-13)20-14-7-4-5-12(10-14)15(16,17)18/h11-14,19-20H,2-10H2,1H3. The summed E-state index contributed by atoms with van der Waals surface area (Å²) in [5.74, 6) is -1.10. The van der Waals surface area contributed by atoms with Crippen molar-refractivity contribution in [3.05, 3.63) is 0 Å². The molecule has 2 rings (SSSR count). The van der Waals surface area contributed by atoms with E-state index < -0.39 is 12.1 Å². The molecule has 0 radical (unpaired) electrons. The Bertz CT molecular complexity index is 287. The van der Waals surface area contributed by atoms with E-state index >= 15 is 0 Å². The average Bonchev–Trinajstić information content (AvgIpc) is 2.39. The van der Waals surface area contributed by atoms with Gasteiger partial charge in [0.1, 0.15) is 0 Å². The van der Waals surface area contributed by atoms with Crippen LogP contribution in [0, 0.1) is 5.92 Å². The van der Waals surface area contributed by atoms with Gasteiger partial charge in [0.25, 0.3) is 0 Å². The molecule has 2 aliphatic rings. The minimum atomic E-state index is -4.02. The highest BCUT2D eigenvalue weighted by Crippen LogP contribution is 2.37. The molecular formula is C15H27F3N2. The first-order valence-electron chi connectivity index (χ1n) is 8.01. The smallest absolute Gasteiger partial charge is 0.314 e. The summed E-state index contributed by atoms with van der Waals surface area (Å²) in [7, 11) is 0. The van der Waals surface area contributed by atoms with Gasteiger partial charge in [0.15, 0.2) is 0 Å². The van der Waals surface area contributed by atoms with Crippen molar-refractivity contribution in [2.75, 3.05) is 6.54 Å². The highest BCUT2D eigenvalue weighted by molar-refractivity contribution is 4.85. The van der Waals surface area contributed by atoms with Gasteiger partial charge >= 0.3 is 6.18 Å². The van der Waals surface area contributed by atoms with Crippen molar-refractivity contribution in [3.63, 3.8) is 0 Å². The third-order valence-corrected chi connectivity index (χ3v) is 4.71. The summed E-state index contributed by atoms with van der Waals surface area (Å²) >= 11 is 0. The van der Waals surface area contributed by atoms with Crippen molar-refractivity contribution in [2.24, 2.45) is 5.92 Å². The Hall–Kier alpha value is -0.290. The molecule has 0 aromatic heterocycles. The summed E-state index contributed by atoms with van der Waals surface area (Å²) in [6.07, 6.45) is 2.85. The summed E-state index contributed by atoms with van der Waals surface area (Å²) in [5.41, 5.74) is 0. The summed E-state index contributed by atoms with van der Waals surface area (Å²) in [5, 5.41) is 6.93. The fourth-order valence-electron chi connectivity index (χ4n) is 3.66. The normalized spacial score (nSPS) is 33.9. The van der Waals surface area contributed by atoms with E-state index in [2.05, 4.69) is 17.6 Å². The number of hydrogen-bond donors (Lipinski definition) is 2. The fraction of sp³-hybridized carbons (Fsp3) is 1.00. The molecule has 2 fully saturated rings. The van der Waals surface area contributed by atoms with Gasteiger partial charge in [-0.3, -0.25) is 0 Å². The lowest BCUT2D eigenvalue weighted by molar-refractivity contribution is -0.183. The van der Waals surface area contributed by atoms with Gasteiger partial charge < -0.3 is 10.6 Å². The number of piperidine rings is 1. The molecule has 5 heteroatoms. The van der Waals surface area contributed by atoms with Crippen molar-refractivity contribution >= 4 is 0 Å². The maximum Gasteiger partial charge on any atom is 0.391 e. The number of halogens is 3. The molecule has 4 atom stereocenters. The molecule has 4 unspecified atom stereocenters. The van der Waals surface area contributed by atoms with Gasteiger partial charge in [0.2, 0.25) is 0 Å². The lowest BCUT2D eigenvalue weighted by Crippen LogP contribution is -2.45. The van der Waals surface area contributed by atoms with Gasteiger partial charge in [0.05, 0.1) is 5.92 Å². The zero-order valence-corrected chi connectivity index (χ0v) is 12.3. The Labute approximate surface area is 119 Å². The van der Waals surface area contributed by atoms with Crippen molar-refractivity contribution in [1.82, 2.24) is 10.6 Å². The molecule has 0 spiro atoms.